The Kier molecular flexibility index (Phi) is 7.74. The molecule has 1 fully saturated rings. The molecular formula is C31H26BrN3O4. The van der Waals surface area contributed by atoms with E-state index in [1.807, 2.05) is 49.4 Å². The number of halogens is 1. The first-order valence-electron chi connectivity index (χ1n) is 12.5. The molecule has 4 aromatic rings. The summed E-state index contributed by atoms with van der Waals surface area (Å²) in [4.78, 5) is 39.2. The van der Waals surface area contributed by atoms with Gasteiger partial charge in [-0.15, -0.1) is 0 Å². The van der Waals surface area contributed by atoms with Gasteiger partial charge in [-0.1, -0.05) is 77.5 Å². The van der Waals surface area contributed by atoms with Gasteiger partial charge >= 0.3 is 6.03 Å². The van der Waals surface area contributed by atoms with E-state index in [9.17, 15) is 14.4 Å². The number of rotatable bonds is 8. The minimum absolute atomic E-state index is 0.0652. The molecule has 2 N–H and O–H groups in total. The number of hydrogen-bond acceptors (Lipinski definition) is 4. The standard InChI is InChI=1S/C31H26BrN3O4/c1-2-21-7-5-6-10-26(21)33-29(36)18-35-30(37)27(34-31(35)38)17-24-16-25(32)13-14-28(24)39-19-20-11-12-22-8-3-4-9-23(22)15-20/h3-17H,2,18-19H2,1H3,(H,33,36)(H,34,38)/b27-17+. The first-order chi connectivity index (χ1) is 18.9. The van der Waals surface area contributed by atoms with Crippen LogP contribution in [0.1, 0.15) is 23.6 Å². The van der Waals surface area contributed by atoms with Crippen molar-refractivity contribution in [3.8, 4) is 5.75 Å². The van der Waals surface area contributed by atoms with Gasteiger partial charge < -0.3 is 15.4 Å². The Morgan fingerprint density at radius 2 is 1.74 bits per heavy atom. The number of para-hydroxylation sites is 1. The van der Waals surface area contributed by atoms with E-state index in [-0.39, 0.29) is 5.70 Å². The summed E-state index contributed by atoms with van der Waals surface area (Å²) in [6.45, 7) is 1.92. The van der Waals surface area contributed by atoms with Crippen molar-refractivity contribution in [1.82, 2.24) is 10.2 Å². The van der Waals surface area contributed by atoms with Crippen LogP contribution in [0.5, 0.6) is 5.75 Å². The third-order valence-electron chi connectivity index (χ3n) is 6.42. The molecule has 0 aliphatic carbocycles. The number of fused-ring (bicyclic) bond motifs is 1. The predicted octanol–water partition coefficient (Wildman–Crippen LogP) is 6.28. The van der Waals surface area contributed by atoms with Gasteiger partial charge in [0.2, 0.25) is 5.91 Å². The number of urea groups is 1. The summed E-state index contributed by atoms with van der Waals surface area (Å²) in [5.74, 6) is -0.491. The molecule has 39 heavy (non-hydrogen) atoms. The molecule has 7 nitrogen and oxygen atoms in total. The van der Waals surface area contributed by atoms with Crippen molar-refractivity contribution in [3.05, 3.63) is 112 Å². The number of hydrogen-bond donors (Lipinski definition) is 2. The fourth-order valence-electron chi connectivity index (χ4n) is 4.41. The monoisotopic (exact) mass is 583 g/mol. The molecular weight excluding hydrogens is 558 g/mol. The maximum Gasteiger partial charge on any atom is 0.329 e. The molecule has 8 heteroatoms. The lowest BCUT2D eigenvalue weighted by Crippen LogP contribution is -2.38. The zero-order valence-corrected chi connectivity index (χ0v) is 22.8. The Bertz CT molecular complexity index is 1610. The third kappa shape index (κ3) is 6.02. The van der Waals surface area contributed by atoms with Crippen molar-refractivity contribution in [2.45, 2.75) is 20.0 Å². The molecule has 1 aliphatic rings. The van der Waals surface area contributed by atoms with Crippen molar-refractivity contribution in [2.75, 3.05) is 11.9 Å². The van der Waals surface area contributed by atoms with E-state index >= 15 is 0 Å². The molecule has 4 amide bonds. The number of amides is 4. The highest BCUT2D eigenvalue weighted by Gasteiger charge is 2.35. The quantitative estimate of drug-likeness (QED) is 0.189. The number of anilines is 1. The summed E-state index contributed by atoms with van der Waals surface area (Å²) < 4.78 is 6.90. The van der Waals surface area contributed by atoms with Crippen LogP contribution < -0.4 is 15.4 Å². The lowest BCUT2D eigenvalue weighted by molar-refractivity contribution is -0.127. The van der Waals surface area contributed by atoms with Crippen LogP contribution in [0.25, 0.3) is 16.8 Å². The lowest BCUT2D eigenvalue weighted by Gasteiger charge is -2.14. The van der Waals surface area contributed by atoms with Crippen molar-refractivity contribution >= 4 is 56.3 Å². The van der Waals surface area contributed by atoms with Gasteiger partial charge in [-0.2, -0.15) is 0 Å². The van der Waals surface area contributed by atoms with Gasteiger partial charge in [0, 0.05) is 15.7 Å². The Hall–Kier alpha value is -4.43. The van der Waals surface area contributed by atoms with Crippen LogP contribution in [0, 0.1) is 0 Å². The molecule has 0 bridgehead atoms. The van der Waals surface area contributed by atoms with Crippen LogP contribution in [0.4, 0.5) is 10.5 Å². The molecule has 4 aromatic carbocycles. The average molecular weight is 584 g/mol. The smallest absolute Gasteiger partial charge is 0.329 e. The molecule has 0 aromatic heterocycles. The molecule has 0 radical (unpaired) electrons. The van der Waals surface area contributed by atoms with Crippen LogP contribution in [0.3, 0.4) is 0 Å². The van der Waals surface area contributed by atoms with Gasteiger partial charge in [0.25, 0.3) is 5.91 Å². The van der Waals surface area contributed by atoms with E-state index in [1.165, 1.54) is 0 Å². The first-order valence-corrected chi connectivity index (χ1v) is 13.3. The molecule has 1 saturated heterocycles. The van der Waals surface area contributed by atoms with Crippen LogP contribution in [-0.4, -0.2) is 29.3 Å². The molecule has 0 spiro atoms. The molecule has 196 valence electrons. The van der Waals surface area contributed by atoms with Gasteiger partial charge in [0.05, 0.1) is 0 Å². The van der Waals surface area contributed by atoms with Gasteiger partial charge in [0.15, 0.2) is 0 Å². The van der Waals surface area contributed by atoms with E-state index in [1.54, 1.807) is 24.3 Å². The predicted molar refractivity (Wildman–Crippen MR) is 155 cm³/mol. The number of carbonyl (C=O) groups excluding carboxylic acids is 3. The number of ether oxygens (including phenoxy) is 1. The molecule has 0 atom stereocenters. The normalized spacial score (nSPS) is 14.1. The highest BCUT2D eigenvalue weighted by molar-refractivity contribution is 9.10. The van der Waals surface area contributed by atoms with E-state index in [4.69, 9.17) is 4.74 Å². The number of carbonyl (C=O) groups is 3. The van der Waals surface area contributed by atoms with Gasteiger partial charge in [-0.3, -0.25) is 9.59 Å². The van der Waals surface area contributed by atoms with Crippen LogP contribution in [-0.2, 0) is 22.6 Å². The van der Waals surface area contributed by atoms with Gasteiger partial charge in [-0.05, 0) is 64.7 Å². The minimum Gasteiger partial charge on any atom is -0.488 e. The fourth-order valence-corrected chi connectivity index (χ4v) is 4.79. The molecule has 0 unspecified atom stereocenters. The number of benzene rings is 4. The second-order valence-electron chi connectivity index (χ2n) is 9.09. The topological polar surface area (TPSA) is 87.7 Å². The van der Waals surface area contributed by atoms with E-state index in [2.05, 4.69) is 50.8 Å². The number of nitrogens with zero attached hydrogens (tertiary/aromatic N) is 1. The molecule has 1 aliphatic heterocycles. The van der Waals surface area contributed by atoms with Crippen LogP contribution in [0.2, 0.25) is 0 Å². The zero-order chi connectivity index (χ0) is 27.4. The molecule has 1 heterocycles. The summed E-state index contributed by atoms with van der Waals surface area (Å²) in [5, 5.41) is 7.65. The summed E-state index contributed by atoms with van der Waals surface area (Å²) in [6, 6.07) is 26.5. The van der Waals surface area contributed by atoms with Crippen molar-refractivity contribution in [3.63, 3.8) is 0 Å². The largest absolute Gasteiger partial charge is 0.488 e. The van der Waals surface area contributed by atoms with Crippen molar-refractivity contribution < 1.29 is 19.1 Å². The Morgan fingerprint density at radius 1 is 0.974 bits per heavy atom. The molecule has 5 rings (SSSR count). The summed E-state index contributed by atoms with van der Waals surface area (Å²) >= 11 is 3.46. The van der Waals surface area contributed by atoms with Gasteiger partial charge in [0.1, 0.15) is 24.6 Å². The number of nitrogens with one attached hydrogen (secondary N) is 2. The van der Waals surface area contributed by atoms with Crippen LogP contribution >= 0.6 is 15.9 Å². The van der Waals surface area contributed by atoms with E-state index < -0.39 is 24.4 Å². The number of imide groups is 1. The highest BCUT2D eigenvalue weighted by atomic mass is 79.9. The van der Waals surface area contributed by atoms with E-state index in [0.29, 0.717) is 23.6 Å². The maximum absolute atomic E-state index is 13.1. The first kappa shape index (κ1) is 26.2. The second-order valence-corrected chi connectivity index (χ2v) is 10.0. The zero-order valence-electron chi connectivity index (χ0n) is 21.2. The average Bonchev–Trinajstić information content (AvgIpc) is 3.20. The minimum atomic E-state index is -0.654. The fraction of sp³-hybridized carbons (Fsp3) is 0.129. The van der Waals surface area contributed by atoms with E-state index in [0.717, 1.165) is 37.7 Å². The third-order valence-corrected chi connectivity index (χ3v) is 6.91. The lowest BCUT2D eigenvalue weighted by atomic mass is 10.1. The Labute approximate surface area is 234 Å². The number of aryl methyl sites for hydroxylation is 1. The van der Waals surface area contributed by atoms with Crippen molar-refractivity contribution in [2.24, 2.45) is 0 Å². The van der Waals surface area contributed by atoms with Crippen LogP contribution in [0.15, 0.2) is 95.1 Å². The molecule has 0 saturated carbocycles. The Morgan fingerprint density at radius 3 is 2.56 bits per heavy atom. The second kappa shape index (κ2) is 11.5. The van der Waals surface area contributed by atoms with Gasteiger partial charge in [-0.25, -0.2) is 9.69 Å². The summed E-state index contributed by atoms with van der Waals surface area (Å²) in [6.07, 6.45) is 2.30. The maximum atomic E-state index is 13.1. The summed E-state index contributed by atoms with van der Waals surface area (Å²) in [7, 11) is 0. The highest BCUT2D eigenvalue weighted by Crippen LogP contribution is 2.28. The SMILES string of the molecule is CCc1ccccc1NC(=O)CN1C(=O)N/C(=C/c2cc(Br)ccc2OCc2ccc3ccccc3c2)C1=O. The summed E-state index contributed by atoms with van der Waals surface area (Å²) in [5.41, 5.74) is 3.30. The van der Waals surface area contributed by atoms with Crippen molar-refractivity contribution in [1.29, 1.82) is 0 Å². The Balaban J connectivity index is 1.30.